The summed E-state index contributed by atoms with van der Waals surface area (Å²) in [4.78, 5) is 12.0. The van der Waals surface area contributed by atoms with Gasteiger partial charge < -0.3 is 15.4 Å². The average molecular weight is 344 g/mol. The van der Waals surface area contributed by atoms with Crippen molar-refractivity contribution in [1.82, 2.24) is 10.6 Å². The number of hydrogen-bond donors (Lipinski definition) is 2. The van der Waals surface area contributed by atoms with E-state index in [9.17, 15) is 9.18 Å². The highest BCUT2D eigenvalue weighted by atomic mass is 19.1. The summed E-state index contributed by atoms with van der Waals surface area (Å²) in [5, 5.41) is 5.73. The molecule has 0 saturated carbocycles. The molecule has 0 fully saturated rings. The van der Waals surface area contributed by atoms with E-state index in [-0.39, 0.29) is 17.3 Å². The second-order valence-corrected chi connectivity index (χ2v) is 6.56. The summed E-state index contributed by atoms with van der Waals surface area (Å²) in [6.07, 6.45) is 0.693. The predicted molar refractivity (Wildman–Crippen MR) is 97.5 cm³/mol. The molecule has 0 aromatic heterocycles. The maximum atomic E-state index is 13.0. The van der Waals surface area contributed by atoms with Gasteiger partial charge >= 0.3 is 6.03 Å². The third-order valence-corrected chi connectivity index (χ3v) is 4.19. The van der Waals surface area contributed by atoms with Crippen LogP contribution in [0.4, 0.5) is 9.18 Å². The monoisotopic (exact) mass is 344 g/mol. The highest BCUT2D eigenvalue weighted by Gasteiger charge is 2.21. The fourth-order valence-electron chi connectivity index (χ4n) is 2.59. The van der Waals surface area contributed by atoms with Gasteiger partial charge in [0, 0.05) is 18.5 Å². The number of hydrogen-bond acceptors (Lipinski definition) is 2. The zero-order valence-corrected chi connectivity index (χ0v) is 14.9. The van der Waals surface area contributed by atoms with Crippen LogP contribution in [0, 0.1) is 5.82 Å². The lowest BCUT2D eigenvalue weighted by Gasteiger charge is -2.25. The van der Waals surface area contributed by atoms with Crippen molar-refractivity contribution < 1.29 is 13.9 Å². The molecular weight excluding hydrogens is 319 g/mol. The molecule has 2 aromatic carbocycles. The summed E-state index contributed by atoms with van der Waals surface area (Å²) in [5.74, 6) is 0.559. The molecule has 5 heteroatoms. The third kappa shape index (κ3) is 5.48. The second kappa shape index (κ2) is 8.51. The Labute approximate surface area is 148 Å². The number of carbonyl (C=O) groups excluding carboxylic acids is 1. The van der Waals surface area contributed by atoms with Crippen LogP contribution in [-0.4, -0.2) is 26.2 Å². The largest absolute Gasteiger partial charge is 0.496 e. The normalized spacial score (nSPS) is 11.0. The van der Waals surface area contributed by atoms with Crippen LogP contribution in [0.5, 0.6) is 5.75 Å². The molecule has 2 N–H and O–H groups in total. The van der Waals surface area contributed by atoms with Crippen LogP contribution in [0.2, 0.25) is 0 Å². The van der Waals surface area contributed by atoms with Crippen LogP contribution < -0.4 is 15.4 Å². The topological polar surface area (TPSA) is 50.4 Å². The Balaban J connectivity index is 1.79. The lowest BCUT2D eigenvalue weighted by Crippen LogP contribution is -2.42. The smallest absolute Gasteiger partial charge is 0.314 e. The summed E-state index contributed by atoms with van der Waals surface area (Å²) >= 11 is 0. The predicted octanol–water partition coefficient (Wildman–Crippen LogP) is 3.65. The first-order valence-corrected chi connectivity index (χ1v) is 8.32. The summed E-state index contributed by atoms with van der Waals surface area (Å²) in [5.41, 5.74) is 1.74. The van der Waals surface area contributed by atoms with Crippen LogP contribution in [0.1, 0.15) is 25.0 Å². The van der Waals surface area contributed by atoms with E-state index in [2.05, 4.69) is 10.6 Å². The van der Waals surface area contributed by atoms with Crippen LogP contribution in [0.25, 0.3) is 0 Å². The van der Waals surface area contributed by atoms with Crippen molar-refractivity contribution in [3.05, 3.63) is 65.5 Å². The molecule has 2 rings (SSSR count). The van der Waals surface area contributed by atoms with Crippen LogP contribution in [-0.2, 0) is 11.8 Å². The van der Waals surface area contributed by atoms with Gasteiger partial charge in [-0.05, 0) is 35.7 Å². The maximum Gasteiger partial charge on any atom is 0.314 e. The Bertz CT molecular complexity index is 699. The van der Waals surface area contributed by atoms with Crippen molar-refractivity contribution in [2.45, 2.75) is 25.7 Å². The molecule has 0 bridgehead atoms. The van der Waals surface area contributed by atoms with Crippen molar-refractivity contribution in [1.29, 1.82) is 0 Å². The third-order valence-electron chi connectivity index (χ3n) is 4.19. The Morgan fingerprint density at radius 2 is 1.76 bits per heavy atom. The van der Waals surface area contributed by atoms with E-state index < -0.39 is 0 Å². The van der Waals surface area contributed by atoms with Gasteiger partial charge in [-0.1, -0.05) is 44.2 Å². The Kier molecular flexibility index (Phi) is 6.39. The molecule has 0 aliphatic rings. The second-order valence-electron chi connectivity index (χ2n) is 6.56. The number of amides is 2. The van der Waals surface area contributed by atoms with Gasteiger partial charge in [-0.2, -0.15) is 0 Å². The fourth-order valence-corrected chi connectivity index (χ4v) is 2.59. The highest BCUT2D eigenvalue weighted by Crippen LogP contribution is 2.22. The van der Waals surface area contributed by atoms with E-state index in [4.69, 9.17) is 4.74 Å². The van der Waals surface area contributed by atoms with E-state index in [1.807, 2.05) is 38.1 Å². The molecule has 0 saturated heterocycles. The summed E-state index contributed by atoms with van der Waals surface area (Å²) in [6, 6.07) is 13.9. The number of benzene rings is 2. The van der Waals surface area contributed by atoms with Crippen molar-refractivity contribution in [2.75, 3.05) is 20.2 Å². The first-order chi connectivity index (χ1) is 11.9. The lowest BCUT2D eigenvalue weighted by atomic mass is 9.84. The van der Waals surface area contributed by atoms with Gasteiger partial charge in [-0.3, -0.25) is 0 Å². The Morgan fingerprint density at radius 1 is 1.08 bits per heavy atom. The quantitative estimate of drug-likeness (QED) is 0.805. The van der Waals surface area contributed by atoms with Gasteiger partial charge in [0.15, 0.2) is 0 Å². The molecule has 0 heterocycles. The van der Waals surface area contributed by atoms with Gasteiger partial charge in [0.25, 0.3) is 0 Å². The number of halogens is 1. The standard InChI is InChI=1S/C20H25FN2O2/c1-20(2,16-8-10-17(21)11-9-16)14-23-19(24)22-13-12-15-6-4-5-7-18(15)25-3/h4-11H,12-14H2,1-3H3,(H2,22,23,24). The summed E-state index contributed by atoms with van der Waals surface area (Å²) < 4.78 is 18.3. The Morgan fingerprint density at radius 3 is 2.44 bits per heavy atom. The molecule has 0 aliphatic heterocycles. The first-order valence-electron chi connectivity index (χ1n) is 8.32. The van der Waals surface area contributed by atoms with E-state index in [0.29, 0.717) is 19.5 Å². The average Bonchev–Trinajstić information content (AvgIpc) is 2.61. The highest BCUT2D eigenvalue weighted by molar-refractivity contribution is 5.74. The molecule has 134 valence electrons. The lowest BCUT2D eigenvalue weighted by molar-refractivity contribution is 0.238. The SMILES string of the molecule is COc1ccccc1CCNC(=O)NCC(C)(C)c1ccc(F)cc1. The van der Waals surface area contributed by atoms with Gasteiger partial charge in [0.2, 0.25) is 0 Å². The van der Waals surface area contributed by atoms with Crippen molar-refractivity contribution >= 4 is 6.03 Å². The molecule has 0 unspecified atom stereocenters. The number of methoxy groups -OCH3 is 1. The van der Waals surface area contributed by atoms with Gasteiger partial charge in [0.1, 0.15) is 11.6 Å². The molecule has 0 spiro atoms. The van der Waals surface area contributed by atoms with Crippen LogP contribution in [0.3, 0.4) is 0 Å². The number of nitrogens with one attached hydrogen (secondary N) is 2. The van der Waals surface area contributed by atoms with Crippen molar-refractivity contribution in [3.63, 3.8) is 0 Å². The summed E-state index contributed by atoms with van der Waals surface area (Å²) in [7, 11) is 1.64. The molecular formula is C20H25FN2O2. The minimum atomic E-state index is -0.284. The molecule has 0 aliphatic carbocycles. The van der Waals surface area contributed by atoms with Crippen LogP contribution >= 0.6 is 0 Å². The van der Waals surface area contributed by atoms with Crippen molar-refractivity contribution in [3.8, 4) is 5.75 Å². The van der Waals surface area contributed by atoms with Crippen molar-refractivity contribution in [2.24, 2.45) is 0 Å². The summed E-state index contributed by atoms with van der Waals surface area (Å²) in [6.45, 7) is 4.99. The molecule has 0 atom stereocenters. The van der Waals surface area contributed by atoms with E-state index in [1.54, 1.807) is 19.2 Å². The number of rotatable bonds is 7. The molecule has 25 heavy (non-hydrogen) atoms. The van der Waals surface area contributed by atoms with Gasteiger partial charge in [-0.25, -0.2) is 9.18 Å². The van der Waals surface area contributed by atoms with E-state index >= 15 is 0 Å². The zero-order chi connectivity index (χ0) is 18.3. The van der Waals surface area contributed by atoms with Gasteiger partial charge in [0.05, 0.1) is 7.11 Å². The van der Waals surface area contributed by atoms with Crippen LogP contribution in [0.15, 0.2) is 48.5 Å². The van der Waals surface area contributed by atoms with Gasteiger partial charge in [-0.15, -0.1) is 0 Å². The Hall–Kier alpha value is -2.56. The molecule has 0 radical (unpaired) electrons. The first kappa shape index (κ1) is 18.8. The van der Waals surface area contributed by atoms with E-state index in [1.165, 1.54) is 12.1 Å². The zero-order valence-electron chi connectivity index (χ0n) is 14.9. The molecule has 2 aromatic rings. The van der Waals surface area contributed by atoms with E-state index in [0.717, 1.165) is 16.9 Å². The number of para-hydroxylation sites is 1. The minimum Gasteiger partial charge on any atom is -0.496 e. The minimum absolute atomic E-state index is 0.218. The number of carbonyl (C=O) groups is 1. The number of urea groups is 1. The fraction of sp³-hybridized carbons (Fsp3) is 0.350. The molecule has 4 nitrogen and oxygen atoms in total. The maximum absolute atomic E-state index is 13.0. The molecule has 2 amide bonds. The number of ether oxygens (including phenoxy) is 1.